The van der Waals surface area contributed by atoms with Crippen molar-refractivity contribution in [2.24, 2.45) is 0 Å². The Morgan fingerprint density at radius 1 is 0.614 bits per heavy atom. The second kappa shape index (κ2) is 34.8. The summed E-state index contributed by atoms with van der Waals surface area (Å²) in [5, 5.41) is 28.8. The Labute approximate surface area is 248 Å². The van der Waals surface area contributed by atoms with E-state index in [0.29, 0.717) is 11.3 Å². The van der Waals surface area contributed by atoms with Crippen LogP contribution in [0.3, 0.4) is 0 Å². The zero-order valence-corrected chi connectivity index (χ0v) is 26.5. The van der Waals surface area contributed by atoms with Gasteiger partial charge in [-0.05, 0) is 99.4 Å². The average Bonchev–Trinajstić information content (AvgIpc) is 3.04. The lowest BCUT2D eigenvalue weighted by atomic mass is 10.1. The Balaban J connectivity index is -0.000000247. The summed E-state index contributed by atoms with van der Waals surface area (Å²) in [5.41, 5.74) is 2.91. The van der Waals surface area contributed by atoms with E-state index in [0.717, 1.165) is 43.3 Å². The third-order valence-corrected chi connectivity index (χ3v) is 13.1. The van der Waals surface area contributed by atoms with Crippen LogP contribution in [0.5, 0.6) is 17.2 Å². The first-order valence-corrected chi connectivity index (χ1v) is 18.1. The highest BCUT2D eigenvalue weighted by Gasteiger charge is 2.32. The fraction of sp³-hybridized carbons (Fsp3) is 0.500. The number of phenols is 2. The molecule has 2 aromatic rings. The van der Waals surface area contributed by atoms with E-state index in [-0.39, 0.29) is 22.8 Å². The van der Waals surface area contributed by atoms with Crippen LogP contribution in [0.2, 0.25) is 38.3 Å². The molecule has 5 nitrogen and oxygen atoms in total. The molecule has 264 valence electrons. The Bertz CT molecular complexity index is 821. The molecule has 44 heavy (non-hydrogen) atoms. The van der Waals surface area contributed by atoms with Gasteiger partial charge in [-0.2, -0.15) is 0 Å². The summed E-state index contributed by atoms with van der Waals surface area (Å²) >= 11 is 0. The number of hydrogen-bond acceptors (Lipinski definition) is 5. The van der Waals surface area contributed by atoms with E-state index in [9.17, 15) is 15.3 Å². The van der Waals surface area contributed by atoms with E-state index in [4.69, 9.17) is 63.7 Å². The second-order valence-electron chi connectivity index (χ2n) is 9.46. The van der Waals surface area contributed by atoms with Crippen molar-refractivity contribution in [1.29, 1.82) is 0 Å². The van der Waals surface area contributed by atoms with E-state index in [1.54, 1.807) is 19.2 Å². The normalized spacial score (nSPS) is 9.41. The van der Waals surface area contributed by atoms with Gasteiger partial charge in [-0.15, -0.1) is 0 Å². The van der Waals surface area contributed by atoms with Crippen LogP contribution in [0, 0.1) is 0 Å². The number of rotatable bonds is 12. The monoisotopic (exact) mass is 710 g/mol. The summed E-state index contributed by atoms with van der Waals surface area (Å²) in [4.78, 5) is 0. The maximum absolute atomic E-state index is 9.74. The summed E-state index contributed by atoms with van der Waals surface area (Å²) in [7, 11) is -1.96. The minimum absolute atomic E-state index is 0. The molecule has 0 unspecified atom stereocenters. The van der Waals surface area contributed by atoms with Crippen molar-refractivity contribution in [3.05, 3.63) is 53.1 Å². The third kappa shape index (κ3) is 25.8. The molecule has 0 aliphatic heterocycles. The van der Waals surface area contributed by atoms with Crippen molar-refractivity contribution in [3.8, 4) is 17.2 Å². The van der Waals surface area contributed by atoms with Gasteiger partial charge in [-0.1, -0.05) is 12.1 Å². The van der Waals surface area contributed by atoms with Crippen molar-refractivity contribution in [3.63, 3.8) is 0 Å². The van der Waals surface area contributed by atoms with E-state index in [1.165, 1.54) is 5.56 Å². The molecule has 2 aromatic carbocycles. The zero-order chi connectivity index (χ0) is 35.1. The summed E-state index contributed by atoms with van der Waals surface area (Å²) in [6.07, 6.45) is 3.99. The lowest BCUT2D eigenvalue weighted by Gasteiger charge is -2.34. The number of methoxy groups -OCH3 is 1. The molecule has 0 amide bonds. The van der Waals surface area contributed by atoms with Gasteiger partial charge in [0.2, 0.25) is 0 Å². The molecule has 0 bridgehead atoms. The van der Waals surface area contributed by atoms with E-state index >= 15 is 0 Å². The highest BCUT2D eigenvalue weighted by molar-refractivity contribution is 6.84. The lowest BCUT2D eigenvalue weighted by molar-refractivity contribution is 0.108. The maximum atomic E-state index is 9.74. The molecule has 0 radical (unpaired) electrons. The SMILES string of the molecule is COc1cc(CCC[Si](C)(C)O[Si](C)(C)CCCc2ccc(O)c(CO)c2)ccc1O.F.FF.FF.FF.FF.FF.FF. The molecule has 0 aliphatic carbocycles. The van der Waals surface area contributed by atoms with Crippen molar-refractivity contribution >= 4 is 16.6 Å². The Hall–Kier alpha value is -2.72. The van der Waals surface area contributed by atoms with Crippen molar-refractivity contribution in [2.75, 3.05) is 7.11 Å². The Morgan fingerprint density at radius 3 is 1.34 bits per heavy atom. The van der Waals surface area contributed by atoms with Crippen LogP contribution in [-0.4, -0.2) is 39.1 Å². The number of aliphatic hydroxyl groups is 1. The fourth-order valence-electron chi connectivity index (χ4n) is 4.09. The summed E-state index contributed by atoms with van der Waals surface area (Å²) in [5.74, 6) is 0.859. The molecule has 3 N–H and O–H groups in total. The van der Waals surface area contributed by atoms with Gasteiger partial charge in [-0.3, -0.25) is 4.70 Å². The molecule has 0 fully saturated rings. The van der Waals surface area contributed by atoms with Crippen molar-refractivity contribution in [1.82, 2.24) is 0 Å². The third-order valence-electron chi connectivity index (χ3n) is 5.60. The molecule has 0 saturated heterocycles. The summed E-state index contributed by atoms with van der Waals surface area (Å²) < 4.78 is 108. The minimum Gasteiger partial charge on any atom is -0.508 e. The Kier molecular flexibility index (Phi) is 42.5. The van der Waals surface area contributed by atoms with Crippen LogP contribution in [0.4, 0.5) is 59.6 Å². The van der Waals surface area contributed by atoms with Gasteiger partial charge in [0.05, 0.1) is 13.7 Å². The predicted octanol–water partition coefficient (Wildman–Crippen LogP) is 10.8. The molecule has 0 saturated carbocycles. The highest BCUT2D eigenvalue weighted by Crippen LogP contribution is 2.29. The predicted molar refractivity (Wildman–Crippen MR) is 147 cm³/mol. The van der Waals surface area contributed by atoms with Gasteiger partial charge >= 0.3 is 0 Å². The molecule has 2 rings (SSSR count). The molecule has 0 spiro atoms. The topological polar surface area (TPSA) is 79.2 Å². The van der Waals surface area contributed by atoms with Crippen LogP contribution < -0.4 is 4.74 Å². The van der Waals surface area contributed by atoms with Crippen LogP contribution >= 0.6 is 0 Å². The van der Waals surface area contributed by atoms with Crippen molar-refractivity contribution in [2.45, 2.75) is 70.6 Å². The standard InChI is InChI=1S/C24H38O5Si2.6F2.FH/c1-28-24-17-20(11-13-23(24)27)9-7-15-31(4,5)29-30(2,3)14-6-8-19-10-12-22(26)21(16-19)18-25;6*1-2;/h10-13,16-17,25-27H,6-9,14-15,18H2,1-5H3;;;;;;;1H. The molecule has 0 aliphatic rings. The molecule has 20 heteroatoms. The first kappa shape index (κ1) is 53.8. The maximum Gasteiger partial charge on any atom is 0.173 e. The average molecular weight is 711 g/mol. The van der Waals surface area contributed by atoms with Gasteiger partial charge in [0.25, 0.3) is 0 Å². The van der Waals surface area contributed by atoms with Gasteiger partial charge in [0.1, 0.15) is 5.75 Å². The zero-order valence-electron chi connectivity index (χ0n) is 24.5. The number of phenolic OH excluding ortho intramolecular Hbond substituents is 1. The molecule has 0 aromatic heterocycles. The smallest absolute Gasteiger partial charge is 0.173 e. The van der Waals surface area contributed by atoms with E-state index < -0.39 is 16.6 Å². The van der Waals surface area contributed by atoms with Gasteiger partial charge in [0.15, 0.2) is 28.1 Å². The molecule has 0 heterocycles. The van der Waals surface area contributed by atoms with Crippen LogP contribution in [0.1, 0.15) is 29.5 Å². The number of aromatic hydroxyl groups is 2. The molecular weight excluding hydrogens is 671 g/mol. The number of aliphatic hydroxyl groups excluding tert-OH is 1. The highest BCUT2D eigenvalue weighted by atomic mass is 28.4. The van der Waals surface area contributed by atoms with E-state index in [2.05, 4.69) is 26.2 Å². The quantitative estimate of drug-likeness (QED) is 0.151. The Morgan fingerprint density at radius 2 is 0.977 bits per heavy atom. The van der Waals surface area contributed by atoms with Crippen LogP contribution in [-0.2, 0) is 23.6 Å². The van der Waals surface area contributed by atoms with Gasteiger partial charge in [0, 0.05) is 60.5 Å². The summed E-state index contributed by atoms with van der Waals surface area (Å²) in [6, 6.07) is 13.2. The van der Waals surface area contributed by atoms with Gasteiger partial charge < -0.3 is 24.2 Å². The lowest BCUT2D eigenvalue weighted by Crippen LogP contribution is -2.44. The van der Waals surface area contributed by atoms with Crippen LogP contribution in [0.15, 0.2) is 36.4 Å². The first-order valence-electron chi connectivity index (χ1n) is 11.9. The summed E-state index contributed by atoms with van der Waals surface area (Å²) in [6.45, 7) is 9.10. The van der Waals surface area contributed by atoms with Crippen molar-refractivity contribution < 1.29 is 83.8 Å². The largest absolute Gasteiger partial charge is 0.508 e. The molecule has 0 atom stereocenters. The molecular formula is C24H39F13O5Si2. The number of ether oxygens (including phenoxy) is 1. The number of benzene rings is 2. The van der Waals surface area contributed by atoms with Crippen LogP contribution in [0.25, 0.3) is 0 Å². The number of aryl methyl sites for hydroxylation is 2. The first-order chi connectivity index (χ1) is 20.5. The number of halogens is 13. The minimum atomic E-state index is -1.77. The second-order valence-corrected chi connectivity index (χ2v) is 18.3. The van der Waals surface area contributed by atoms with E-state index in [1.807, 2.05) is 24.3 Å². The number of hydrogen-bond donors (Lipinski definition) is 3. The van der Waals surface area contributed by atoms with Gasteiger partial charge in [-0.25, -0.2) is 0 Å². The fourth-order valence-corrected chi connectivity index (χ4v) is 12.9.